The van der Waals surface area contributed by atoms with E-state index in [1.165, 1.54) is 10.7 Å². The Morgan fingerprint density at radius 2 is 2.05 bits per heavy atom. The Morgan fingerprint density at radius 3 is 2.79 bits per heavy atom. The molecule has 3 aromatic rings. The minimum atomic E-state index is -0.282. The maximum Gasteiger partial charge on any atom is 0.149 e. The molecule has 2 aromatic heterocycles. The molecule has 0 unspecified atom stereocenters. The van der Waals surface area contributed by atoms with E-state index in [0.717, 1.165) is 16.8 Å². The van der Waals surface area contributed by atoms with Gasteiger partial charge in [0.05, 0.1) is 11.9 Å². The fourth-order valence-electron chi connectivity index (χ4n) is 1.92. The van der Waals surface area contributed by atoms with Gasteiger partial charge in [0.15, 0.2) is 0 Å². The quantitative estimate of drug-likeness (QED) is 0.701. The third-order valence-electron chi connectivity index (χ3n) is 2.89. The van der Waals surface area contributed by atoms with E-state index < -0.39 is 0 Å². The highest BCUT2D eigenvalue weighted by Crippen LogP contribution is 2.19. The summed E-state index contributed by atoms with van der Waals surface area (Å²) < 4.78 is 15.4. The predicted octanol–water partition coefficient (Wildman–Crippen LogP) is 3.38. The summed E-state index contributed by atoms with van der Waals surface area (Å²) in [5, 5.41) is 4.19. The fourth-order valence-corrected chi connectivity index (χ4v) is 1.92. The molecule has 2 heterocycles. The van der Waals surface area contributed by atoms with Crippen molar-refractivity contribution in [3.63, 3.8) is 0 Å². The second kappa shape index (κ2) is 4.65. The molecule has 0 radical (unpaired) electrons. The summed E-state index contributed by atoms with van der Waals surface area (Å²) in [6, 6.07) is 10.7. The molecule has 0 fully saturated rings. The maximum atomic E-state index is 13.9. The highest BCUT2D eigenvalue weighted by Gasteiger charge is 2.08. The zero-order valence-electron chi connectivity index (χ0n) is 10.4. The summed E-state index contributed by atoms with van der Waals surface area (Å²) in [6.07, 6.45) is 5.18. The van der Waals surface area contributed by atoms with Crippen LogP contribution in [-0.4, -0.2) is 14.8 Å². The first-order valence-corrected chi connectivity index (χ1v) is 5.96. The Balaban J connectivity index is 2.02. The predicted molar refractivity (Wildman–Crippen MR) is 71.5 cm³/mol. The zero-order valence-corrected chi connectivity index (χ0v) is 10.4. The first-order valence-electron chi connectivity index (χ1n) is 5.96. The van der Waals surface area contributed by atoms with E-state index in [4.69, 9.17) is 0 Å². The number of aryl methyl sites for hydroxylation is 1. The van der Waals surface area contributed by atoms with Crippen molar-refractivity contribution < 1.29 is 4.39 Å². The van der Waals surface area contributed by atoms with Crippen LogP contribution in [0.1, 0.15) is 5.56 Å². The van der Waals surface area contributed by atoms with Gasteiger partial charge in [-0.05, 0) is 36.8 Å². The van der Waals surface area contributed by atoms with Crippen molar-refractivity contribution in [1.29, 1.82) is 0 Å². The zero-order chi connectivity index (χ0) is 13.2. The van der Waals surface area contributed by atoms with Crippen molar-refractivity contribution in [2.75, 3.05) is 0 Å². The fraction of sp³-hybridized carbons (Fsp3) is 0.0667. The monoisotopic (exact) mass is 253 g/mol. The molecule has 0 amide bonds. The summed E-state index contributed by atoms with van der Waals surface area (Å²) in [4.78, 5) is 4.25. The van der Waals surface area contributed by atoms with E-state index in [9.17, 15) is 4.39 Å². The molecule has 3 rings (SSSR count). The Hall–Kier alpha value is -2.49. The minimum absolute atomic E-state index is 0.282. The summed E-state index contributed by atoms with van der Waals surface area (Å²) in [6.45, 7) is 1.86. The van der Waals surface area contributed by atoms with Gasteiger partial charge in [0, 0.05) is 18.0 Å². The number of halogens is 1. The number of nitrogens with zero attached hydrogens (tertiary/aromatic N) is 3. The first kappa shape index (κ1) is 11.6. The molecule has 3 nitrogen and oxygen atoms in total. The van der Waals surface area contributed by atoms with Crippen LogP contribution in [0.4, 0.5) is 4.39 Å². The van der Waals surface area contributed by atoms with Crippen LogP contribution >= 0.6 is 0 Å². The number of hydrogen-bond donors (Lipinski definition) is 0. The van der Waals surface area contributed by atoms with Gasteiger partial charge in [-0.3, -0.25) is 4.98 Å². The van der Waals surface area contributed by atoms with Crippen LogP contribution in [0.25, 0.3) is 16.9 Å². The third-order valence-corrected chi connectivity index (χ3v) is 2.89. The molecule has 0 bridgehead atoms. The molecular formula is C15H12FN3. The number of rotatable bonds is 2. The lowest BCUT2D eigenvalue weighted by molar-refractivity contribution is 0.609. The largest absolute Gasteiger partial charge is 0.256 e. The lowest BCUT2D eigenvalue weighted by Gasteiger charge is -2.03. The van der Waals surface area contributed by atoms with Crippen LogP contribution in [-0.2, 0) is 0 Å². The number of benzene rings is 1. The van der Waals surface area contributed by atoms with Gasteiger partial charge in [0.25, 0.3) is 0 Å². The molecule has 0 aliphatic heterocycles. The van der Waals surface area contributed by atoms with Gasteiger partial charge in [-0.1, -0.05) is 12.1 Å². The summed E-state index contributed by atoms with van der Waals surface area (Å²) in [5.41, 5.74) is 3.01. The van der Waals surface area contributed by atoms with Crippen molar-refractivity contribution in [3.05, 3.63) is 66.4 Å². The van der Waals surface area contributed by atoms with Gasteiger partial charge in [-0.2, -0.15) is 5.10 Å². The molecule has 0 saturated heterocycles. The molecule has 1 aromatic carbocycles. The van der Waals surface area contributed by atoms with E-state index in [2.05, 4.69) is 10.1 Å². The SMILES string of the molecule is Cc1ccc(-n2cc(-c3ccccn3)cn2)c(F)c1. The topological polar surface area (TPSA) is 30.7 Å². The number of aromatic nitrogens is 3. The molecule has 0 aliphatic rings. The minimum Gasteiger partial charge on any atom is -0.256 e. The van der Waals surface area contributed by atoms with Gasteiger partial charge in [0.2, 0.25) is 0 Å². The van der Waals surface area contributed by atoms with Crippen LogP contribution < -0.4 is 0 Å². The van der Waals surface area contributed by atoms with Gasteiger partial charge in [0.1, 0.15) is 11.5 Å². The summed E-state index contributed by atoms with van der Waals surface area (Å²) >= 11 is 0. The standard InChI is InChI=1S/C15H12FN3/c1-11-5-6-15(13(16)8-11)19-10-12(9-18-19)14-4-2-3-7-17-14/h2-10H,1H3. The van der Waals surface area contributed by atoms with E-state index in [1.807, 2.05) is 31.2 Å². The molecule has 19 heavy (non-hydrogen) atoms. The van der Waals surface area contributed by atoms with E-state index in [1.54, 1.807) is 24.7 Å². The molecule has 0 spiro atoms. The Morgan fingerprint density at radius 1 is 1.16 bits per heavy atom. The average molecular weight is 253 g/mol. The van der Waals surface area contributed by atoms with Crippen LogP contribution in [0.5, 0.6) is 0 Å². The van der Waals surface area contributed by atoms with Gasteiger partial charge in [-0.15, -0.1) is 0 Å². The third kappa shape index (κ3) is 2.25. The lowest BCUT2D eigenvalue weighted by Crippen LogP contribution is -1.98. The Bertz CT molecular complexity index is 704. The Kier molecular flexibility index (Phi) is 2.83. The van der Waals surface area contributed by atoms with Gasteiger partial charge >= 0.3 is 0 Å². The number of pyridine rings is 1. The van der Waals surface area contributed by atoms with Gasteiger partial charge < -0.3 is 0 Å². The highest BCUT2D eigenvalue weighted by atomic mass is 19.1. The number of hydrogen-bond acceptors (Lipinski definition) is 2. The van der Waals surface area contributed by atoms with Crippen molar-refractivity contribution in [2.24, 2.45) is 0 Å². The van der Waals surface area contributed by atoms with E-state index in [-0.39, 0.29) is 5.82 Å². The molecule has 0 atom stereocenters. The van der Waals surface area contributed by atoms with Crippen molar-refractivity contribution >= 4 is 0 Å². The molecule has 0 N–H and O–H groups in total. The molecule has 94 valence electrons. The smallest absolute Gasteiger partial charge is 0.149 e. The highest BCUT2D eigenvalue weighted by molar-refractivity contribution is 5.57. The van der Waals surface area contributed by atoms with E-state index >= 15 is 0 Å². The van der Waals surface area contributed by atoms with Crippen molar-refractivity contribution in [1.82, 2.24) is 14.8 Å². The molecule has 4 heteroatoms. The molecule has 0 saturated carbocycles. The summed E-state index contributed by atoms with van der Waals surface area (Å²) in [7, 11) is 0. The van der Waals surface area contributed by atoms with E-state index in [0.29, 0.717) is 5.69 Å². The van der Waals surface area contributed by atoms with Crippen molar-refractivity contribution in [2.45, 2.75) is 6.92 Å². The molecule has 0 aliphatic carbocycles. The second-order valence-corrected chi connectivity index (χ2v) is 4.34. The van der Waals surface area contributed by atoms with Crippen LogP contribution in [0.2, 0.25) is 0 Å². The molecular weight excluding hydrogens is 241 g/mol. The van der Waals surface area contributed by atoms with Crippen molar-refractivity contribution in [3.8, 4) is 16.9 Å². The first-order chi connectivity index (χ1) is 9.24. The second-order valence-electron chi connectivity index (χ2n) is 4.34. The normalized spacial score (nSPS) is 10.6. The average Bonchev–Trinajstić information content (AvgIpc) is 2.89. The lowest BCUT2D eigenvalue weighted by atomic mass is 10.2. The van der Waals surface area contributed by atoms with Crippen LogP contribution in [0.3, 0.4) is 0 Å². The maximum absolute atomic E-state index is 13.9. The Labute approximate surface area is 110 Å². The van der Waals surface area contributed by atoms with Crippen LogP contribution in [0.15, 0.2) is 55.0 Å². The van der Waals surface area contributed by atoms with Gasteiger partial charge in [-0.25, -0.2) is 9.07 Å². The van der Waals surface area contributed by atoms with Crippen LogP contribution in [0, 0.1) is 12.7 Å². The summed E-state index contributed by atoms with van der Waals surface area (Å²) in [5.74, 6) is -0.282.